The number of rotatable bonds is 6. The summed E-state index contributed by atoms with van der Waals surface area (Å²) in [7, 11) is 0. The molecule has 0 aromatic rings. The third-order valence-electron chi connectivity index (χ3n) is 2.22. The summed E-state index contributed by atoms with van der Waals surface area (Å²) >= 11 is 0. The van der Waals surface area contributed by atoms with Gasteiger partial charge in [0.2, 0.25) is 0 Å². The quantitative estimate of drug-likeness (QED) is 0.580. The van der Waals surface area contributed by atoms with Crippen molar-refractivity contribution in [3.63, 3.8) is 0 Å². The third-order valence-corrected chi connectivity index (χ3v) is 2.22. The molecule has 0 aromatic heterocycles. The second-order valence-corrected chi connectivity index (χ2v) is 3.53. The Labute approximate surface area is 80.1 Å². The molecule has 0 radical (unpaired) electrons. The van der Waals surface area contributed by atoms with Crippen LogP contribution in [0.15, 0.2) is 0 Å². The molecule has 1 aliphatic heterocycles. The lowest BCUT2D eigenvalue weighted by Gasteiger charge is -2.12. The molecule has 0 aromatic carbocycles. The summed E-state index contributed by atoms with van der Waals surface area (Å²) in [4.78, 5) is 13.1. The minimum Gasteiger partial charge on any atom is -0.381 e. The molecule has 3 heteroatoms. The lowest BCUT2D eigenvalue weighted by Crippen LogP contribution is -2.22. The van der Waals surface area contributed by atoms with E-state index in [4.69, 9.17) is 4.74 Å². The highest BCUT2D eigenvalue weighted by atomic mass is 16.5. The van der Waals surface area contributed by atoms with Crippen LogP contribution in [-0.4, -0.2) is 43.5 Å². The van der Waals surface area contributed by atoms with Gasteiger partial charge in [-0.05, 0) is 12.8 Å². The summed E-state index contributed by atoms with van der Waals surface area (Å²) in [6, 6.07) is 0. The first-order valence-electron chi connectivity index (χ1n) is 5.14. The Morgan fingerprint density at radius 2 is 2.31 bits per heavy atom. The molecule has 1 heterocycles. The molecular weight excluding hydrogens is 166 g/mol. The minimum atomic E-state index is 0.384. The van der Waals surface area contributed by atoms with Gasteiger partial charge in [-0.3, -0.25) is 9.69 Å². The molecule has 1 fully saturated rings. The largest absolute Gasteiger partial charge is 0.381 e. The van der Waals surface area contributed by atoms with Crippen molar-refractivity contribution in [3.05, 3.63) is 0 Å². The van der Waals surface area contributed by atoms with Crippen LogP contribution >= 0.6 is 0 Å². The highest BCUT2D eigenvalue weighted by Gasteiger charge is 2.17. The van der Waals surface area contributed by atoms with Gasteiger partial charge < -0.3 is 4.74 Å². The van der Waals surface area contributed by atoms with E-state index in [-0.39, 0.29) is 0 Å². The minimum absolute atomic E-state index is 0.384. The molecule has 0 bridgehead atoms. The number of nitrogens with zero attached hydrogens (tertiary/aromatic N) is 1. The van der Waals surface area contributed by atoms with E-state index in [1.807, 2.05) is 0 Å². The molecule has 1 aliphatic rings. The van der Waals surface area contributed by atoms with Crippen LogP contribution in [0.3, 0.4) is 0 Å². The van der Waals surface area contributed by atoms with Gasteiger partial charge >= 0.3 is 0 Å². The maximum absolute atomic E-state index is 10.9. The van der Waals surface area contributed by atoms with Gasteiger partial charge in [0, 0.05) is 32.7 Å². The summed E-state index contributed by atoms with van der Waals surface area (Å²) in [6.45, 7) is 6.42. The zero-order valence-electron chi connectivity index (χ0n) is 8.42. The van der Waals surface area contributed by atoms with E-state index >= 15 is 0 Å². The van der Waals surface area contributed by atoms with E-state index in [1.54, 1.807) is 0 Å². The summed E-state index contributed by atoms with van der Waals surface area (Å²) < 4.78 is 5.36. The van der Waals surface area contributed by atoms with Gasteiger partial charge in [-0.15, -0.1) is 0 Å². The summed E-state index contributed by atoms with van der Waals surface area (Å²) in [6.07, 6.45) is 2.88. The SMILES string of the molecule is CCCOCCCN1CCC(=O)C1. The van der Waals surface area contributed by atoms with Gasteiger partial charge in [-0.25, -0.2) is 0 Å². The first-order valence-corrected chi connectivity index (χ1v) is 5.14. The van der Waals surface area contributed by atoms with Gasteiger partial charge in [0.25, 0.3) is 0 Å². The molecule has 0 atom stereocenters. The number of hydrogen-bond acceptors (Lipinski definition) is 3. The van der Waals surface area contributed by atoms with Crippen molar-refractivity contribution in [2.75, 3.05) is 32.8 Å². The Bertz CT molecular complexity index is 159. The Morgan fingerprint density at radius 3 is 2.92 bits per heavy atom. The number of likely N-dealkylation sites (tertiary alicyclic amines) is 1. The Kier molecular flexibility index (Phi) is 5.01. The first-order chi connectivity index (χ1) is 6.33. The number of carbonyl (C=O) groups excluding carboxylic acids is 1. The number of ether oxygens (including phenoxy) is 1. The number of Topliss-reactive ketones (excluding diaryl/α,β-unsaturated/α-hetero) is 1. The molecule has 0 aliphatic carbocycles. The molecule has 1 rings (SSSR count). The van der Waals surface area contributed by atoms with E-state index in [1.165, 1.54) is 0 Å². The second-order valence-electron chi connectivity index (χ2n) is 3.53. The zero-order valence-corrected chi connectivity index (χ0v) is 8.42. The van der Waals surface area contributed by atoms with Crippen molar-refractivity contribution in [2.45, 2.75) is 26.2 Å². The van der Waals surface area contributed by atoms with Crippen molar-refractivity contribution in [1.82, 2.24) is 4.90 Å². The van der Waals surface area contributed by atoms with Gasteiger partial charge in [-0.1, -0.05) is 6.92 Å². The Hall–Kier alpha value is -0.410. The maximum atomic E-state index is 10.9. The fourth-order valence-electron chi connectivity index (χ4n) is 1.52. The monoisotopic (exact) mass is 185 g/mol. The van der Waals surface area contributed by atoms with Crippen LogP contribution in [0.4, 0.5) is 0 Å². The number of hydrogen-bond donors (Lipinski definition) is 0. The molecule has 0 amide bonds. The second kappa shape index (κ2) is 6.11. The summed E-state index contributed by atoms with van der Waals surface area (Å²) in [5, 5.41) is 0. The first kappa shape index (κ1) is 10.7. The topological polar surface area (TPSA) is 29.5 Å². The summed E-state index contributed by atoms with van der Waals surface area (Å²) in [5.41, 5.74) is 0. The molecule has 0 spiro atoms. The van der Waals surface area contributed by atoms with E-state index in [0.29, 0.717) is 12.3 Å². The van der Waals surface area contributed by atoms with E-state index in [0.717, 1.165) is 45.6 Å². The van der Waals surface area contributed by atoms with Crippen LogP contribution in [-0.2, 0) is 9.53 Å². The molecule has 76 valence electrons. The van der Waals surface area contributed by atoms with Crippen LogP contribution < -0.4 is 0 Å². The smallest absolute Gasteiger partial charge is 0.148 e. The predicted molar refractivity (Wildman–Crippen MR) is 51.8 cm³/mol. The van der Waals surface area contributed by atoms with Crippen molar-refractivity contribution in [3.8, 4) is 0 Å². The van der Waals surface area contributed by atoms with Gasteiger partial charge in [0.05, 0.1) is 6.54 Å². The molecule has 0 N–H and O–H groups in total. The standard InChI is InChI=1S/C10H19NO2/c1-2-7-13-8-3-5-11-6-4-10(12)9-11/h2-9H2,1H3. The number of carbonyl (C=O) groups is 1. The van der Waals surface area contributed by atoms with E-state index in [2.05, 4.69) is 11.8 Å². The van der Waals surface area contributed by atoms with E-state index in [9.17, 15) is 4.79 Å². The highest BCUT2D eigenvalue weighted by Crippen LogP contribution is 2.04. The van der Waals surface area contributed by atoms with Crippen molar-refractivity contribution in [2.24, 2.45) is 0 Å². The Morgan fingerprint density at radius 1 is 1.46 bits per heavy atom. The molecule has 0 saturated carbocycles. The van der Waals surface area contributed by atoms with E-state index < -0.39 is 0 Å². The highest BCUT2D eigenvalue weighted by molar-refractivity contribution is 5.82. The molecular formula is C10H19NO2. The zero-order chi connectivity index (χ0) is 9.52. The lowest BCUT2D eigenvalue weighted by molar-refractivity contribution is -0.116. The molecule has 0 unspecified atom stereocenters. The molecule has 3 nitrogen and oxygen atoms in total. The van der Waals surface area contributed by atoms with Gasteiger partial charge in [0.1, 0.15) is 5.78 Å². The number of ketones is 1. The molecule has 13 heavy (non-hydrogen) atoms. The molecule has 1 saturated heterocycles. The van der Waals surface area contributed by atoms with Crippen LogP contribution in [0.5, 0.6) is 0 Å². The van der Waals surface area contributed by atoms with Gasteiger partial charge in [0.15, 0.2) is 0 Å². The van der Waals surface area contributed by atoms with Gasteiger partial charge in [-0.2, -0.15) is 0 Å². The average Bonchev–Trinajstić information content (AvgIpc) is 2.51. The Balaban J connectivity index is 1.91. The lowest BCUT2D eigenvalue weighted by atomic mass is 10.4. The predicted octanol–water partition coefficient (Wildman–Crippen LogP) is 1.08. The third kappa shape index (κ3) is 4.39. The van der Waals surface area contributed by atoms with Crippen LogP contribution in [0, 0.1) is 0 Å². The van der Waals surface area contributed by atoms with Crippen LogP contribution in [0.1, 0.15) is 26.2 Å². The average molecular weight is 185 g/mol. The van der Waals surface area contributed by atoms with Crippen molar-refractivity contribution in [1.29, 1.82) is 0 Å². The van der Waals surface area contributed by atoms with Crippen molar-refractivity contribution >= 4 is 5.78 Å². The van der Waals surface area contributed by atoms with Crippen molar-refractivity contribution < 1.29 is 9.53 Å². The maximum Gasteiger partial charge on any atom is 0.148 e. The fraction of sp³-hybridized carbons (Fsp3) is 0.900. The van der Waals surface area contributed by atoms with Crippen LogP contribution in [0.2, 0.25) is 0 Å². The normalized spacial score (nSPS) is 18.4. The van der Waals surface area contributed by atoms with Crippen LogP contribution in [0.25, 0.3) is 0 Å². The summed E-state index contributed by atoms with van der Waals surface area (Å²) in [5.74, 6) is 0.384. The fourth-order valence-corrected chi connectivity index (χ4v) is 1.52.